The van der Waals surface area contributed by atoms with Gasteiger partial charge in [0.15, 0.2) is 5.58 Å². The zero-order valence-corrected chi connectivity index (χ0v) is 28.4. The van der Waals surface area contributed by atoms with Crippen LogP contribution in [0, 0.1) is 12.3 Å². The summed E-state index contributed by atoms with van der Waals surface area (Å²) in [5.41, 5.74) is 7.39. The molecule has 1 aromatic heterocycles. The number of benzene rings is 4. The molecule has 250 valence electrons. The zero-order chi connectivity index (χ0) is 34.5. The molecule has 9 nitrogen and oxygen atoms in total. The summed E-state index contributed by atoms with van der Waals surface area (Å²) < 4.78 is 36.8. The van der Waals surface area contributed by atoms with E-state index >= 15 is 0 Å². The number of hydrogen-bond donors (Lipinski definition) is 3. The van der Waals surface area contributed by atoms with Crippen LogP contribution in [0.2, 0.25) is 0 Å². The second-order valence-electron chi connectivity index (χ2n) is 13.3. The number of oxazole rings is 1. The van der Waals surface area contributed by atoms with Crippen LogP contribution in [0.25, 0.3) is 22.6 Å². The van der Waals surface area contributed by atoms with E-state index in [0.717, 1.165) is 40.6 Å². The fourth-order valence-corrected chi connectivity index (χ4v) is 5.78. The van der Waals surface area contributed by atoms with Crippen molar-refractivity contribution in [3.05, 3.63) is 119 Å². The lowest BCUT2D eigenvalue weighted by Gasteiger charge is -2.20. The van der Waals surface area contributed by atoms with E-state index in [1.807, 2.05) is 61.5 Å². The van der Waals surface area contributed by atoms with Gasteiger partial charge in [-0.15, -0.1) is 0 Å². The van der Waals surface area contributed by atoms with Crippen molar-refractivity contribution in [2.45, 2.75) is 52.9 Å². The lowest BCUT2D eigenvalue weighted by Crippen LogP contribution is -2.28. The Kier molecular flexibility index (Phi) is 10.5. The number of fused-ring (bicyclic) bond motifs is 1. The molecule has 1 atom stereocenters. The molecule has 48 heavy (non-hydrogen) atoms. The molecule has 0 aliphatic heterocycles. The van der Waals surface area contributed by atoms with E-state index in [1.54, 1.807) is 24.3 Å². The average molecular weight is 668 g/mol. The van der Waals surface area contributed by atoms with E-state index in [1.165, 1.54) is 5.56 Å². The van der Waals surface area contributed by atoms with E-state index in [0.29, 0.717) is 29.1 Å². The quantitative estimate of drug-likeness (QED) is 0.118. The topological polar surface area (TPSA) is 139 Å². The minimum atomic E-state index is -4.17. The van der Waals surface area contributed by atoms with Gasteiger partial charge in [-0.05, 0) is 96.3 Å². The molecule has 10 heteroatoms. The predicted octanol–water partition coefficient (Wildman–Crippen LogP) is 7.36. The number of hydrogen-bond acceptors (Lipinski definition) is 6. The van der Waals surface area contributed by atoms with E-state index < -0.39 is 27.7 Å². The van der Waals surface area contributed by atoms with E-state index in [4.69, 9.17) is 8.97 Å². The number of amides is 2. The van der Waals surface area contributed by atoms with E-state index in [2.05, 4.69) is 48.5 Å². The maximum atomic E-state index is 13.9. The summed E-state index contributed by atoms with van der Waals surface area (Å²) >= 11 is 0. The number of carbonyl (C=O) groups is 2. The summed E-state index contributed by atoms with van der Waals surface area (Å²) in [6, 6.07) is 28.3. The number of carbonyl (C=O) groups excluding carboxylic acids is 2. The fraction of sp³-hybridized carbons (Fsp3) is 0.289. The molecule has 0 aliphatic rings. The highest BCUT2D eigenvalue weighted by Crippen LogP contribution is 2.30. The number of aromatic nitrogens is 1. The van der Waals surface area contributed by atoms with Gasteiger partial charge < -0.3 is 15.1 Å². The Labute approximate surface area is 281 Å². The Balaban J connectivity index is 1.34. The van der Waals surface area contributed by atoms with Gasteiger partial charge in [0, 0.05) is 23.4 Å². The third-order valence-corrected chi connectivity index (χ3v) is 8.90. The highest BCUT2D eigenvalue weighted by Gasteiger charge is 2.23. The van der Waals surface area contributed by atoms with Crippen LogP contribution < -0.4 is 10.6 Å². The van der Waals surface area contributed by atoms with Crippen molar-refractivity contribution in [3.63, 3.8) is 0 Å². The van der Waals surface area contributed by atoms with Crippen molar-refractivity contribution in [1.82, 2.24) is 10.3 Å². The molecule has 0 bridgehead atoms. The van der Waals surface area contributed by atoms with Crippen molar-refractivity contribution in [1.29, 1.82) is 0 Å². The fourth-order valence-electron chi connectivity index (χ4n) is 5.42. The Morgan fingerprint density at radius 1 is 0.917 bits per heavy atom. The number of anilines is 1. The van der Waals surface area contributed by atoms with Crippen molar-refractivity contribution in [3.8, 4) is 11.5 Å². The highest BCUT2D eigenvalue weighted by atomic mass is 32.2. The Morgan fingerprint density at radius 2 is 1.60 bits per heavy atom. The Hall–Kier alpha value is -4.80. The van der Waals surface area contributed by atoms with Crippen LogP contribution in [0.1, 0.15) is 65.7 Å². The molecule has 0 saturated carbocycles. The van der Waals surface area contributed by atoms with Gasteiger partial charge in [-0.1, -0.05) is 69.3 Å². The molecule has 0 saturated heterocycles. The maximum Gasteiger partial charge on any atom is 0.266 e. The van der Waals surface area contributed by atoms with Crippen LogP contribution in [0.3, 0.4) is 0 Å². The van der Waals surface area contributed by atoms with Crippen molar-refractivity contribution < 1.29 is 27.0 Å². The van der Waals surface area contributed by atoms with Gasteiger partial charge in [-0.25, -0.2) is 4.98 Å². The van der Waals surface area contributed by atoms with E-state index in [9.17, 15) is 18.0 Å². The highest BCUT2D eigenvalue weighted by molar-refractivity contribution is 7.85. The van der Waals surface area contributed by atoms with Gasteiger partial charge in [-0.2, -0.15) is 8.42 Å². The number of aryl methyl sites for hydroxylation is 2. The average Bonchev–Trinajstić information content (AvgIpc) is 3.46. The first-order valence-corrected chi connectivity index (χ1v) is 17.5. The minimum absolute atomic E-state index is 0.168. The van der Waals surface area contributed by atoms with Crippen molar-refractivity contribution in [2.75, 3.05) is 17.6 Å². The SMILES string of the molecule is Cc1cc(NC(=O)C(Cc2ccc(C(=O)NCCS(=O)(=O)O)cc2)c2ccc(CCC(C)(C)C)cc2)ccc1-c1nc2ccccc2o1. The molecule has 0 fully saturated rings. The molecular formula is C38H41N3O6S. The Bertz CT molecular complexity index is 1980. The molecule has 1 unspecified atom stereocenters. The molecule has 1 heterocycles. The molecule has 2 amide bonds. The monoisotopic (exact) mass is 667 g/mol. The van der Waals surface area contributed by atoms with Gasteiger partial charge in [0.1, 0.15) is 5.52 Å². The zero-order valence-electron chi connectivity index (χ0n) is 27.6. The molecule has 0 spiro atoms. The second-order valence-corrected chi connectivity index (χ2v) is 14.9. The third-order valence-electron chi connectivity index (χ3n) is 8.18. The standard InChI is InChI=1S/C38H41N3O6S/c1-25-23-30(17-18-31(25)37-41-33-7-5-6-8-34(33)47-37)40-36(43)32(28-13-9-26(10-14-28)19-20-38(2,3)4)24-27-11-15-29(16-12-27)35(42)39-21-22-48(44,45)46/h5-18,23,32H,19-22,24H2,1-4H3,(H,39,42)(H,40,43)(H,44,45,46). The summed E-state index contributed by atoms with van der Waals surface area (Å²) in [6.45, 7) is 8.41. The van der Waals surface area contributed by atoms with Gasteiger partial charge in [-0.3, -0.25) is 14.1 Å². The van der Waals surface area contributed by atoms with Crippen LogP contribution >= 0.6 is 0 Å². The van der Waals surface area contributed by atoms with Crippen LogP contribution in [0.4, 0.5) is 5.69 Å². The lowest BCUT2D eigenvalue weighted by atomic mass is 9.87. The first kappa shape index (κ1) is 34.5. The lowest BCUT2D eigenvalue weighted by molar-refractivity contribution is -0.117. The largest absolute Gasteiger partial charge is 0.436 e. The summed E-state index contributed by atoms with van der Waals surface area (Å²) in [6.07, 6.45) is 2.38. The molecule has 0 radical (unpaired) electrons. The van der Waals surface area contributed by atoms with Crippen LogP contribution in [-0.2, 0) is 27.8 Å². The first-order valence-electron chi connectivity index (χ1n) is 15.9. The smallest absolute Gasteiger partial charge is 0.266 e. The van der Waals surface area contributed by atoms with Gasteiger partial charge >= 0.3 is 0 Å². The number of nitrogens with zero attached hydrogens (tertiary/aromatic N) is 1. The summed E-state index contributed by atoms with van der Waals surface area (Å²) in [5, 5.41) is 5.59. The molecule has 0 aliphatic carbocycles. The molecule has 3 N–H and O–H groups in total. The number of nitrogens with one attached hydrogen (secondary N) is 2. The molecular weight excluding hydrogens is 627 g/mol. The van der Waals surface area contributed by atoms with Crippen LogP contribution in [-0.4, -0.2) is 42.1 Å². The van der Waals surface area contributed by atoms with Gasteiger partial charge in [0.05, 0.1) is 11.7 Å². The second kappa shape index (κ2) is 14.5. The van der Waals surface area contributed by atoms with Crippen LogP contribution in [0.15, 0.2) is 95.4 Å². The van der Waals surface area contributed by atoms with E-state index in [-0.39, 0.29) is 17.9 Å². The summed E-state index contributed by atoms with van der Waals surface area (Å²) in [4.78, 5) is 31.0. The van der Waals surface area contributed by atoms with Crippen molar-refractivity contribution >= 4 is 38.7 Å². The predicted molar refractivity (Wildman–Crippen MR) is 189 cm³/mol. The molecule has 5 rings (SSSR count). The van der Waals surface area contributed by atoms with Gasteiger partial charge in [0.2, 0.25) is 11.8 Å². The number of rotatable bonds is 12. The molecule has 5 aromatic rings. The summed E-state index contributed by atoms with van der Waals surface area (Å²) in [5.74, 6) is -1.19. The minimum Gasteiger partial charge on any atom is -0.436 e. The first-order chi connectivity index (χ1) is 22.7. The van der Waals surface area contributed by atoms with Crippen LogP contribution in [0.5, 0.6) is 0 Å². The molecule has 4 aromatic carbocycles. The normalized spacial score (nSPS) is 12.5. The summed E-state index contributed by atoms with van der Waals surface area (Å²) in [7, 11) is -4.17. The van der Waals surface area contributed by atoms with Gasteiger partial charge in [0.25, 0.3) is 16.0 Å². The van der Waals surface area contributed by atoms with Crippen molar-refractivity contribution in [2.24, 2.45) is 5.41 Å². The number of para-hydroxylation sites is 2. The third kappa shape index (κ3) is 9.39. The Morgan fingerprint density at radius 3 is 2.25 bits per heavy atom. The maximum absolute atomic E-state index is 13.9.